The van der Waals surface area contributed by atoms with Gasteiger partial charge in [0.25, 0.3) is 0 Å². The maximum absolute atomic E-state index is 13.5. The first-order valence-electron chi connectivity index (χ1n) is 9.65. The summed E-state index contributed by atoms with van der Waals surface area (Å²) in [6.45, 7) is 9.78. The summed E-state index contributed by atoms with van der Waals surface area (Å²) < 4.78 is 0. The summed E-state index contributed by atoms with van der Waals surface area (Å²) in [5.41, 5.74) is -0.300. The van der Waals surface area contributed by atoms with E-state index in [4.69, 9.17) is 0 Å². The third-order valence-corrected chi connectivity index (χ3v) is 6.02. The molecule has 3 amide bonds. The number of hydrogen-bond donors (Lipinski definition) is 2. The van der Waals surface area contributed by atoms with Gasteiger partial charge in [0.15, 0.2) is 0 Å². The summed E-state index contributed by atoms with van der Waals surface area (Å²) in [4.78, 5) is 41.4. The molecule has 0 unspecified atom stereocenters. The van der Waals surface area contributed by atoms with Gasteiger partial charge in [-0.25, -0.2) is 0 Å². The Kier molecular flexibility index (Phi) is 3.80. The van der Waals surface area contributed by atoms with Gasteiger partial charge in [0.2, 0.25) is 17.7 Å². The number of imide groups is 1. The summed E-state index contributed by atoms with van der Waals surface area (Å²) >= 11 is 0. The molecule has 3 aliphatic heterocycles. The second-order valence-electron chi connectivity index (χ2n) is 9.37. The summed E-state index contributed by atoms with van der Waals surface area (Å²) in [6.07, 6.45) is 0.732. The zero-order valence-corrected chi connectivity index (χ0v) is 16.5. The molecule has 0 bridgehead atoms. The van der Waals surface area contributed by atoms with Crippen LogP contribution in [0.5, 0.6) is 0 Å². The van der Waals surface area contributed by atoms with Crippen molar-refractivity contribution in [3.05, 3.63) is 29.8 Å². The van der Waals surface area contributed by atoms with E-state index in [1.165, 1.54) is 4.90 Å². The number of hydrogen-bond acceptors (Lipinski definition) is 4. The summed E-state index contributed by atoms with van der Waals surface area (Å²) in [5, 5.41) is 6.38. The number of anilines is 1. The Morgan fingerprint density at radius 2 is 1.78 bits per heavy atom. The topological polar surface area (TPSA) is 78.5 Å². The van der Waals surface area contributed by atoms with Crippen molar-refractivity contribution in [2.45, 2.75) is 58.2 Å². The number of benzene rings is 1. The molecular weight excluding hydrogens is 342 g/mol. The lowest BCUT2D eigenvalue weighted by molar-refractivity contribution is -0.147. The van der Waals surface area contributed by atoms with E-state index in [0.717, 1.165) is 12.0 Å². The minimum atomic E-state index is -1.17. The molecule has 4 atom stereocenters. The van der Waals surface area contributed by atoms with Gasteiger partial charge in [-0.15, -0.1) is 0 Å². The van der Waals surface area contributed by atoms with E-state index in [2.05, 4.69) is 24.5 Å². The molecule has 2 N–H and O–H groups in total. The predicted octanol–water partition coefficient (Wildman–Crippen LogP) is 2.25. The Labute approximate surface area is 159 Å². The second-order valence-corrected chi connectivity index (χ2v) is 9.37. The number of likely N-dealkylation sites (tertiary alicyclic amines) is 1. The highest BCUT2D eigenvalue weighted by atomic mass is 16.2. The van der Waals surface area contributed by atoms with Crippen LogP contribution in [0.4, 0.5) is 5.69 Å². The summed E-state index contributed by atoms with van der Waals surface area (Å²) in [6, 6.07) is 7.25. The Balaban J connectivity index is 1.89. The van der Waals surface area contributed by atoms with Crippen molar-refractivity contribution in [1.82, 2.24) is 10.2 Å². The average molecular weight is 369 g/mol. The van der Waals surface area contributed by atoms with E-state index in [1.54, 1.807) is 0 Å². The Hall–Kier alpha value is -2.21. The molecule has 4 rings (SSSR count). The van der Waals surface area contributed by atoms with Crippen LogP contribution in [-0.4, -0.2) is 34.2 Å². The number of rotatable bonds is 2. The Morgan fingerprint density at radius 3 is 2.41 bits per heavy atom. The third-order valence-electron chi connectivity index (χ3n) is 6.02. The van der Waals surface area contributed by atoms with Crippen molar-refractivity contribution in [1.29, 1.82) is 0 Å². The molecule has 0 aromatic heterocycles. The largest absolute Gasteiger partial charge is 0.324 e. The van der Waals surface area contributed by atoms with Crippen molar-refractivity contribution < 1.29 is 14.4 Å². The van der Waals surface area contributed by atoms with Gasteiger partial charge in [-0.2, -0.15) is 0 Å². The van der Waals surface area contributed by atoms with E-state index in [1.807, 2.05) is 45.0 Å². The molecule has 0 saturated carbocycles. The van der Waals surface area contributed by atoms with Gasteiger partial charge in [-0.05, 0) is 39.2 Å². The predicted molar refractivity (Wildman–Crippen MR) is 102 cm³/mol. The van der Waals surface area contributed by atoms with Crippen LogP contribution < -0.4 is 10.6 Å². The molecule has 0 radical (unpaired) electrons. The van der Waals surface area contributed by atoms with E-state index < -0.39 is 22.9 Å². The Morgan fingerprint density at radius 1 is 1.11 bits per heavy atom. The molecule has 1 aromatic carbocycles. The van der Waals surface area contributed by atoms with E-state index in [0.29, 0.717) is 11.6 Å². The van der Waals surface area contributed by atoms with Gasteiger partial charge in [0, 0.05) is 22.8 Å². The fraction of sp³-hybridized carbons (Fsp3) is 0.571. The number of nitrogens with zero attached hydrogens (tertiary/aromatic N) is 1. The van der Waals surface area contributed by atoms with E-state index >= 15 is 0 Å². The van der Waals surface area contributed by atoms with Gasteiger partial charge < -0.3 is 5.32 Å². The molecule has 144 valence electrons. The fourth-order valence-electron chi connectivity index (χ4n) is 5.13. The maximum atomic E-state index is 13.5. The highest BCUT2D eigenvalue weighted by Crippen LogP contribution is 2.54. The van der Waals surface area contributed by atoms with Crippen molar-refractivity contribution >= 4 is 23.4 Å². The van der Waals surface area contributed by atoms with Gasteiger partial charge in [-0.1, -0.05) is 32.0 Å². The molecule has 6 nitrogen and oxygen atoms in total. The number of fused-ring (bicyclic) bond motifs is 4. The van der Waals surface area contributed by atoms with Crippen LogP contribution in [0.3, 0.4) is 0 Å². The van der Waals surface area contributed by atoms with Crippen LogP contribution in [0, 0.1) is 17.8 Å². The first kappa shape index (κ1) is 18.2. The molecule has 27 heavy (non-hydrogen) atoms. The van der Waals surface area contributed by atoms with E-state index in [-0.39, 0.29) is 23.8 Å². The quantitative estimate of drug-likeness (QED) is 0.784. The fourth-order valence-corrected chi connectivity index (χ4v) is 5.13. The van der Waals surface area contributed by atoms with Crippen LogP contribution in [0.25, 0.3) is 0 Å². The lowest BCUT2D eigenvalue weighted by Crippen LogP contribution is -2.55. The van der Waals surface area contributed by atoms with Crippen LogP contribution in [0.1, 0.15) is 46.6 Å². The van der Waals surface area contributed by atoms with Crippen molar-refractivity contribution in [3.63, 3.8) is 0 Å². The first-order chi connectivity index (χ1) is 12.6. The number of amides is 3. The average Bonchev–Trinajstić information content (AvgIpc) is 3.12. The minimum Gasteiger partial charge on any atom is -0.324 e. The zero-order valence-electron chi connectivity index (χ0n) is 16.5. The molecule has 3 heterocycles. The van der Waals surface area contributed by atoms with Crippen molar-refractivity contribution in [2.75, 3.05) is 5.32 Å². The molecular formula is C21H27N3O3. The number of carbonyl (C=O) groups excluding carboxylic acids is 3. The van der Waals surface area contributed by atoms with Crippen molar-refractivity contribution in [3.8, 4) is 0 Å². The molecule has 6 heteroatoms. The van der Waals surface area contributed by atoms with Gasteiger partial charge in [0.1, 0.15) is 5.54 Å². The monoisotopic (exact) mass is 369 g/mol. The maximum Gasteiger partial charge on any atom is 0.250 e. The lowest BCUT2D eigenvalue weighted by atomic mass is 9.76. The molecule has 2 saturated heterocycles. The first-order valence-corrected chi connectivity index (χ1v) is 9.65. The zero-order chi connectivity index (χ0) is 19.7. The number of nitrogens with one attached hydrogen (secondary N) is 2. The van der Waals surface area contributed by atoms with Crippen LogP contribution in [-0.2, 0) is 19.9 Å². The standard InChI is InChI=1S/C21H27N3O3/c1-11(2)10-14-15-16(18(26)24(17(15)25)20(3,4)5)21(23-14)12-8-6-7-9-13(12)22-19(21)27/h6-9,11,14-16,23H,10H2,1-5H3,(H,22,27)/t14-,15-,16+,21-/m1/s1. The normalized spacial score (nSPS) is 32.4. The summed E-state index contributed by atoms with van der Waals surface area (Å²) in [5.74, 6) is -1.54. The molecule has 1 aromatic rings. The Bertz CT molecular complexity index is 841. The molecule has 2 fully saturated rings. The molecule has 0 aliphatic carbocycles. The highest BCUT2D eigenvalue weighted by molar-refractivity contribution is 6.15. The summed E-state index contributed by atoms with van der Waals surface area (Å²) in [7, 11) is 0. The smallest absolute Gasteiger partial charge is 0.250 e. The molecule has 1 spiro atoms. The minimum absolute atomic E-state index is 0.162. The van der Waals surface area contributed by atoms with E-state index in [9.17, 15) is 14.4 Å². The van der Waals surface area contributed by atoms with Crippen LogP contribution in [0.2, 0.25) is 0 Å². The van der Waals surface area contributed by atoms with Gasteiger partial charge >= 0.3 is 0 Å². The van der Waals surface area contributed by atoms with Crippen LogP contribution in [0.15, 0.2) is 24.3 Å². The van der Waals surface area contributed by atoms with Gasteiger partial charge in [-0.3, -0.25) is 24.6 Å². The lowest BCUT2D eigenvalue weighted by Gasteiger charge is -2.34. The number of para-hydroxylation sites is 1. The molecule has 3 aliphatic rings. The van der Waals surface area contributed by atoms with Crippen LogP contribution >= 0.6 is 0 Å². The van der Waals surface area contributed by atoms with Crippen molar-refractivity contribution in [2.24, 2.45) is 17.8 Å². The van der Waals surface area contributed by atoms with Gasteiger partial charge in [0.05, 0.1) is 11.8 Å². The third kappa shape index (κ3) is 2.32. The SMILES string of the molecule is CC(C)C[C@H]1N[C@@]2(C(=O)Nc3ccccc32)[C@@H]2C(=O)N(C(C)(C)C)C(=O)[C@@H]21. The number of carbonyl (C=O) groups is 3. The highest BCUT2D eigenvalue weighted by Gasteiger charge is 2.71. The second kappa shape index (κ2) is 5.64.